The van der Waals surface area contributed by atoms with Crippen LogP contribution < -0.4 is 11.2 Å². The van der Waals surface area contributed by atoms with Gasteiger partial charge in [0.05, 0.1) is 12.7 Å². The summed E-state index contributed by atoms with van der Waals surface area (Å²) in [5, 5.41) is 0. The average molecular weight is 385 g/mol. The molecule has 3 atom stereocenters. The first-order valence-corrected chi connectivity index (χ1v) is 6.18. The third kappa shape index (κ3) is 4.46. The zero-order chi connectivity index (χ0) is 14.7. The van der Waals surface area contributed by atoms with Crippen LogP contribution in [0.5, 0.6) is 0 Å². The van der Waals surface area contributed by atoms with E-state index < -0.39 is 17.5 Å². The summed E-state index contributed by atoms with van der Waals surface area (Å²) in [4.78, 5) is 25.5. The van der Waals surface area contributed by atoms with Crippen LogP contribution in [0, 0.1) is 14.0 Å². The van der Waals surface area contributed by atoms with Crippen molar-refractivity contribution in [3.05, 3.63) is 46.6 Å². The van der Waals surface area contributed by atoms with Gasteiger partial charge >= 0.3 is 5.69 Å². The number of aromatic nitrogens is 2. The largest absolute Gasteiger partial charge is 0.382 e. The zero-order valence-corrected chi connectivity index (χ0v) is 15.8. The van der Waals surface area contributed by atoms with Crippen molar-refractivity contribution < 1.29 is 46.9 Å². The monoisotopic (exact) mass is 385 g/mol. The van der Waals surface area contributed by atoms with Crippen molar-refractivity contribution in [3.8, 4) is 0 Å². The molecule has 0 saturated carbocycles. The first-order valence-electron chi connectivity index (χ1n) is 6.18. The Morgan fingerprint density at radius 1 is 1.50 bits per heavy atom. The van der Waals surface area contributed by atoms with Crippen molar-refractivity contribution in [1.82, 2.24) is 9.55 Å². The number of methoxy groups -OCH3 is 2. The Balaban J connectivity index is 0.00000220. The molecule has 1 aliphatic rings. The molecule has 1 fully saturated rings. The third-order valence-electron chi connectivity index (χ3n) is 3.30. The fourth-order valence-electron chi connectivity index (χ4n) is 2.27. The quantitative estimate of drug-likeness (QED) is 0.742. The smallest absolute Gasteiger partial charge is 0.327 e. The minimum absolute atomic E-state index is 0. The Bertz CT molecular complexity index is 598. The van der Waals surface area contributed by atoms with Gasteiger partial charge in [-0.3, -0.25) is 20.9 Å². The van der Waals surface area contributed by atoms with Crippen LogP contribution in [-0.4, -0.2) is 42.6 Å². The fraction of sp³-hybridized carbons (Fsp3) is 0.500. The van der Waals surface area contributed by atoms with E-state index in [0.717, 1.165) is 6.08 Å². The van der Waals surface area contributed by atoms with Gasteiger partial charge in [0.1, 0.15) is 12.3 Å². The van der Waals surface area contributed by atoms with Crippen LogP contribution in [0.25, 0.3) is 6.08 Å². The second-order valence-electron chi connectivity index (χ2n) is 4.51. The molecule has 0 aromatic carbocycles. The second kappa shape index (κ2) is 9.52. The van der Waals surface area contributed by atoms with Crippen LogP contribution in [0.15, 0.2) is 15.8 Å². The van der Waals surface area contributed by atoms with E-state index in [9.17, 15) is 9.59 Å². The Hall–Kier alpha value is -0.596. The minimum atomic E-state index is -0.543. The van der Waals surface area contributed by atoms with E-state index in [-0.39, 0.29) is 57.9 Å². The van der Waals surface area contributed by atoms with Crippen molar-refractivity contribution >= 4 is 6.08 Å². The van der Waals surface area contributed by atoms with Crippen LogP contribution in [-0.2, 0) is 46.9 Å². The van der Waals surface area contributed by atoms with Gasteiger partial charge < -0.3 is 21.6 Å². The Labute approximate surface area is 154 Å². The maximum Gasteiger partial charge on any atom is 0.327 e. The molecule has 1 N–H and O–H groups in total. The summed E-state index contributed by atoms with van der Waals surface area (Å²) in [6, 6.07) is 0. The molecule has 1 radical (unpaired) electrons. The van der Waals surface area contributed by atoms with E-state index in [0.29, 0.717) is 13.0 Å². The fourth-order valence-corrected chi connectivity index (χ4v) is 2.27. The number of aromatic amines is 1. The van der Waals surface area contributed by atoms with Crippen molar-refractivity contribution in [3.63, 3.8) is 0 Å². The predicted octanol–water partition coefficient (Wildman–Crippen LogP) is 0.379. The number of hydrogen-bond acceptors (Lipinski definition) is 5. The van der Waals surface area contributed by atoms with Gasteiger partial charge in [-0.1, -0.05) is 11.8 Å². The molecular weight excluding hydrogens is 365 g/mol. The molecule has 0 aliphatic carbocycles. The summed E-state index contributed by atoms with van der Waals surface area (Å²) in [5.41, 5.74) is -0.862. The molecule has 8 heteroatoms. The van der Waals surface area contributed by atoms with E-state index in [1.807, 2.05) is 0 Å². The van der Waals surface area contributed by atoms with Crippen LogP contribution >= 0.6 is 0 Å². The molecule has 2 heterocycles. The number of rotatable bonds is 5. The van der Waals surface area contributed by atoms with Gasteiger partial charge in [0.15, 0.2) is 5.56 Å². The van der Waals surface area contributed by atoms with Gasteiger partial charge in [0, 0.05) is 53.3 Å². The van der Waals surface area contributed by atoms with Crippen molar-refractivity contribution in [2.24, 2.45) is 0 Å². The summed E-state index contributed by atoms with van der Waals surface area (Å²) in [7, 11) is 3.14. The Morgan fingerprint density at radius 2 is 2.18 bits per heavy atom. The standard InChI is InChI=1S/C13H17N2O5.CH3.Y/c1-4-8-6-15(13(17)14-12(8)16)11-5-9(19-3)10(20-11)7-18-2;;/h1,4,6,9-11H,5,7H2,2-3H3,(H,14,16,17);1H3;/q2*-1;/t9?,10-,11-;;/m1../s1. The Kier molecular flexibility index (Phi) is 9.26. The van der Waals surface area contributed by atoms with Gasteiger partial charge in [-0.2, -0.15) is 0 Å². The molecule has 2 rings (SSSR count). The average Bonchev–Trinajstić information content (AvgIpc) is 2.82. The zero-order valence-electron chi connectivity index (χ0n) is 12.9. The summed E-state index contributed by atoms with van der Waals surface area (Å²) < 4.78 is 17.4. The molecule has 1 aromatic heterocycles. The number of nitrogens with zero attached hydrogens (tertiary/aromatic N) is 1. The molecular formula is C14H20N2O5Y-2. The maximum atomic E-state index is 11.9. The molecule has 1 saturated heterocycles. The van der Waals surface area contributed by atoms with E-state index in [2.05, 4.69) is 4.98 Å². The summed E-state index contributed by atoms with van der Waals surface area (Å²) >= 11 is 0. The number of ether oxygens (including phenoxy) is 3. The third-order valence-corrected chi connectivity index (χ3v) is 3.30. The van der Waals surface area contributed by atoms with Crippen LogP contribution in [0.4, 0.5) is 0 Å². The first-order chi connectivity index (χ1) is 9.60. The second-order valence-corrected chi connectivity index (χ2v) is 4.51. The molecule has 1 aromatic rings. The van der Waals surface area contributed by atoms with Crippen molar-refractivity contribution in [2.75, 3.05) is 20.8 Å². The van der Waals surface area contributed by atoms with Gasteiger partial charge in [-0.25, -0.2) is 10.9 Å². The van der Waals surface area contributed by atoms with E-state index in [1.54, 1.807) is 14.2 Å². The molecule has 22 heavy (non-hydrogen) atoms. The summed E-state index contributed by atoms with van der Waals surface area (Å²) in [6.45, 7) is 5.71. The van der Waals surface area contributed by atoms with Crippen LogP contribution in [0.3, 0.4) is 0 Å². The van der Waals surface area contributed by atoms with Crippen LogP contribution in [0.2, 0.25) is 0 Å². The molecule has 1 aliphatic heterocycles. The normalized spacial score (nSPS) is 23.5. The van der Waals surface area contributed by atoms with Crippen molar-refractivity contribution in [2.45, 2.75) is 24.9 Å². The van der Waals surface area contributed by atoms with E-state index in [1.165, 1.54) is 10.8 Å². The number of H-pyrrole nitrogens is 1. The summed E-state index contributed by atoms with van der Waals surface area (Å²) in [6.07, 6.45) is 2.05. The molecule has 7 nitrogen and oxygen atoms in total. The molecule has 0 spiro atoms. The minimum Gasteiger partial charge on any atom is -0.382 e. The molecule has 0 amide bonds. The van der Waals surface area contributed by atoms with Gasteiger partial charge in [0.2, 0.25) is 0 Å². The predicted molar refractivity (Wildman–Crippen MR) is 77.7 cm³/mol. The van der Waals surface area contributed by atoms with Gasteiger partial charge in [0.25, 0.3) is 0 Å². The first kappa shape index (κ1) is 21.4. The van der Waals surface area contributed by atoms with Crippen LogP contribution in [0.1, 0.15) is 18.2 Å². The molecule has 1 unspecified atom stereocenters. The number of hydrogen-bond donors (Lipinski definition) is 1. The maximum absolute atomic E-state index is 11.9. The molecule has 0 bridgehead atoms. The topological polar surface area (TPSA) is 82.6 Å². The number of nitrogens with one attached hydrogen (secondary N) is 1. The van der Waals surface area contributed by atoms with E-state index >= 15 is 0 Å². The summed E-state index contributed by atoms with van der Waals surface area (Å²) in [5.74, 6) is 0. The van der Waals surface area contributed by atoms with Crippen molar-refractivity contribution in [1.29, 1.82) is 0 Å². The van der Waals surface area contributed by atoms with E-state index in [4.69, 9.17) is 20.8 Å². The van der Waals surface area contributed by atoms with Gasteiger partial charge in [-0.15, -0.1) is 0 Å². The Morgan fingerprint density at radius 3 is 2.73 bits per heavy atom. The van der Waals surface area contributed by atoms with Gasteiger partial charge in [-0.05, 0) is 0 Å². The SMILES string of the molecule is [CH-]=Cc1cn([C@H]2CC(OC)[C@@H](COC)O2)c(=O)[nH]c1=O.[CH3-].[Y]. The molecule has 121 valence electrons.